The van der Waals surface area contributed by atoms with Crippen LogP contribution in [-0.4, -0.2) is 17.1 Å². The average Bonchev–Trinajstić information content (AvgIpc) is 2.88. The van der Waals surface area contributed by atoms with Crippen LogP contribution in [0.2, 0.25) is 0 Å². The molecule has 142 valence electrons. The van der Waals surface area contributed by atoms with Crippen molar-refractivity contribution in [3.8, 4) is 11.8 Å². The Balaban J connectivity index is 2.29. The molecule has 1 N–H and O–H groups in total. The van der Waals surface area contributed by atoms with Gasteiger partial charge in [0.25, 0.3) is 5.91 Å². The van der Waals surface area contributed by atoms with Gasteiger partial charge in [0.15, 0.2) is 0 Å². The van der Waals surface area contributed by atoms with Gasteiger partial charge in [-0.25, -0.2) is 0 Å². The summed E-state index contributed by atoms with van der Waals surface area (Å²) in [4.78, 5) is 12.6. The topological polar surface area (TPSA) is 67.0 Å². The number of aryl methyl sites for hydroxylation is 1. The molecule has 0 aliphatic heterocycles. The van der Waals surface area contributed by atoms with E-state index < -0.39 is 5.91 Å². The molecule has 0 spiro atoms. The smallest absolute Gasteiger partial charge is 0.266 e. The molecule has 1 amide bonds. The zero-order valence-corrected chi connectivity index (χ0v) is 16.7. The minimum Gasteiger partial charge on any atom is -0.492 e. The second-order valence-electron chi connectivity index (χ2n) is 6.88. The molecule has 2 rings (SSSR count). The summed E-state index contributed by atoms with van der Waals surface area (Å²) < 4.78 is 7.74. The maximum atomic E-state index is 12.6. The summed E-state index contributed by atoms with van der Waals surface area (Å²) in [6.45, 7) is 11.7. The second-order valence-corrected chi connectivity index (χ2v) is 6.88. The van der Waals surface area contributed by atoms with Crippen LogP contribution in [0.25, 0.3) is 6.08 Å². The number of nitriles is 1. The number of anilines is 1. The molecule has 0 saturated heterocycles. The number of para-hydroxylation sites is 2. The van der Waals surface area contributed by atoms with Gasteiger partial charge < -0.3 is 14.6 Å². The molecule has 0 radical (unpaired) electrons. The van der Waals surface area contributed by atoms with Crippen molar-refractivity contribution in [2.75, 3.05) is 11.9 Å². The highest BCUT2D eigenvalue weighted by atomic mass is 16.5. The van der Waals surface area contributed by atoms with Crippen molar-refractivity contribution >= 4 is 17.7 Å². The van der Waals surface area contributed by atoms with Crippen molar-refractivity contribution in [2.24, 2.45) is 5.92 Å². The van der Waals surface area contributed by atoms with Gasteiger partial charge in [-0.15, -0.1) is 0 Å². The lowest BCUT2D eigenvalue weighted by Crippen LogP contribution is -2.14. The molecule has 5 nitrogen and oxygen atoms in total. The first-order valence-electron chi connectivity index (χ1n) is 9.19. The number of ether oxygens (including phenoxy) is 1. The largest absolute Gasteiger partial charge is 0.492 e. The summed E-state index contributed by atoms with van der Waals surface area (Å²) in [5, 5.41) is 12.3. The van der Waals surface area contributed by atoms with Gasteiger partial charge in [0.05, 0.1) is 12.3 Å². The van der Waals surface area contributed by atoms with Crippen molar-refractivity contribution in [3.63, 3.8) is 0 Å². The molecule has 1 heterocycles. The molecule has 0 aliphatic carbocycles. The van der Waals surface area contributed by atoms with E-state index in [2.05, 4.69) is 23.7 Å². The SMILES string of the molecule is CCOc1ccccc1NC(=O)/C(C#N)=C/c1cc(C)n(CC(C)C)c1C. The first-order chi connectivity index (χ1) is 12.9. The van der Waals surface area contributed by atoms with Crippen LogP contribution in [0.15, 0.2) is 35.9 Å². The van der Waals surface area contributed by atoms with E-state index in [1.807, 2.05) is 45.0 Å². The molecule has 27 heavy (non-hydrogen) atoms. The number of aromatic nitrogens is 1. The van der Waals surface area contributed by atoms with Gasteiger partial charge in [-0.1, -0.05) is 26.0 Å². The minimum atomic E-state index is -0.446. The van der Waals surface area contributed by atoms with Crippen LogP contribution in [0.3, 0.4) is 0 Å². The molecule has 5 heteroatoms. The fourth-order valence-corrected chi connectivity index (χ4v) is 2.96. The van der Waals surface area contributed by atoms with Crippen LogP contribution in [0, 0.1) is 31.1 Å². The normalized spacial score (nSPS) is 11.4. The number of nitrogens with one attached hydrogen (secondary N) is 1. The maximum Gasteiger partial charge on any atom is 0.266 e. The van der Waals surface area contributed by atoms with E-state index in [1.165, 1.54) is 0 Å². The predicted molar refractivity (Wildman–Crippen MR) is 109 cm³/mol. The van der Waals surface area contributed by atoms with Gasteiger partial charge >= 0.3 is 0 Å². The molecule has 1 aromatic heterocycles. The van der Waals surface area contributed by atoms with Crippen LogP contribution < -0.4 is 10.1 Å². The number of hydrogen-bond donors (Lipinski definition) is 1. The van der Waals surface area contributed by atoms with E-state index in [-0.39, 0.29) is 5.57 Å². The summed E-state index contributed by atoms with van der Waals surface area (Å²) in [5.41, 5.74) is 3.67. The Morgan fingerprint density at radius 2 is 2.04 bits per heavy atom. The molecular formula is C22H27N3O2. The maximum absolute atomic E-state index is 12.6. The number of rotatable bonds is 7. The number of carbonyl (C=O) groups is 1. The highest BCUT2D eigenvalue weighted by molar-refractivity contribution is 6.10. The molecule has 0 unspecified atom stereocenters. The molecule has 0 fully saturated rings. The Hall–Kier alpha value is -3.00. The highest BCUT2D eigenvalue weighted by Crippen LogP contribution is 2.25. The summed E-state index contributed by atoms with van der Waals surface area (Å²) in [6, 6.07) is 11.2. The third-order valence-electron chi connectivity index (χ3n) is 4.26. The van der Waals surface area contributed by atoms with Crippen LogP contribution in [0.1, 0.15) is 37.7 Å². The van der Waals surface area contributed by atoms with Crippen LogP contribution >= 0.6 is 0 Å². The standard InChI is InChI=1S/C22H27N3O2/c1-6-27-21-10-8-7-9-20(21)24-22(26)19(13-23)12-18-11-16(4)25(17(18)5)14-15(2)3/h7-12,15H,6,14H2,1-5H3,(H,24,26)/b19-12+. The number of nitrogens with zero attached hydrogens (tertiary/aromatic N) is 2. The van der Waals surface area contributed by atoms with E-state index in [9.17, 15) is 10.1 Å². The molecule has 0 saturated carbocycles. The number of benzene rings is 1. The van der Waals surface area contributed by atoms with Crippen molar-refractivity contribution in [1.29, 1.82) is 5.26 Å². The quantitative estimate of drug-likeness (QED) is 0.571. The fraction of sp³-hybridized carbons (Fsp3) is 0.364. The monoisotopic (exact) mass is 365 g/mol. The highest BCUT2D eigenvalue weighted by Gasteiger charge is 2.15. The number of carbonyl (C=O) groups excluding carboxylic acids is 1. The summed E-state index contributed by atoms with van der Waals surface area (Å²) in [6.07, 6.45) is 1.65. The van der Waals surface area contributed by atoms with Gasteiger partial charge in [0.1, 0.15) is 17.4 Å². The third kappa shape index (κ3) is 5.01. The molecular weight excluding hydrogens is 338 g/mol. The van der Waals surface area contributed by atoms with Crippen LogP contribution in [0.5, 0.6) is 5.75 Å². The van der Waals surface area contributed by atoms with Crippen molar-refractivity contribution in [3.05, 3.63) is 52.9 Å². The summed E-state index contributed by atoms with van der Waals surface area (Å²) in [7, 11) is 0. The van der Waals surface area contributed by atoms with Crippen molar-refractivity contribution in [2.45, 2.75) is 41.2 Å². The summed E-state index contributed by atoms with van der Waals surface area (Å²) in [5.74, 6) is 0.652. The van der Waals surface area contributed by atoms with Crippen LogP contribution in [-0.2, 0) is 11.3 Å². The van der Waals surface area contributed by atoms with E-state index in [4.69, 9.17) is 4.74 Å². The lowest BCUT2D eigenvalue weighted by atomic mass is 10.1. The van der Waals surface area contributed by atoms with E-state index in [1.54, 1.807) is 18.2 Å². The van der Waals surface area contributed by atoms with Crippen molar-refractivity contribution < 1.29 is 9.53 Å². The second kappa shape index (κ2) is 9.09. The number of amides is 1. The van der Waals surface area contributed by atoms with E-state index in [0.717, 1.165) is 23.5 Å². The Bertz CT molecular complexity index is 885. The predicted octanol–water partition coefficient (Wildman–Crippen LogP) is 4.71. The number of hydrogen-bond acceptors (Lipinski definition) is 3. The van der Waals surface area contributed by atoms with Crippen LogP contribution in [0.4, 0.5) is 5.69 Å². The van der Waals surface area contributed by atoms with Gasteiger partial charge in [0.2, 0.25) is 0 Å². The molecule has 0 aliphatic rings. The fourth-order valence-electron chi connectivity index (χ4n) is 2.96. The lowest BCUT2D eigenvalue weighted by molar-refractivity contribution is -0.112. The zero-order valence-electron chi connectivity index (χ0n) is 16.7. The lowest BCUT2D eigenvalue weighted by Gasteiger charge is -2.12. The molecule has 2 aromatic rings. The minimum absolute atomic E-state index is 0.0612. The summed E-state index contributed by atoms with van der Waals surface area (Å²) >= 11 is 0. The van der Waals surface area contributed by atoms with Gasteiger partial charge in [0, 0.05) is 17.9 Å². The zero-order chi connectivity index (χ0) is 20.0. The first-order valence-corrected chi connectivity index (χ1v) is 9.19. The van der Waals surface area contributed by atoms with Gasteiger partial charge in [-0.2, -0.15) is 5.26 Å². The van der Waals surface area contributed by atoms with Gasteiger partial charge in [-0.05, 0) is 56.5 Å². The first kappa shape index (κ1) is 20.3. The third-order valence-corrected chi connectivity index (χ3v) is 4.26. The Labute approximate surface area is 161 Å². The molecule has 0 atom stereocenters. The van der Waals surface area contributed by atoms with E-state index >= 15 is 0 Å². The molecule has 1 aromatic carbocycles. The molecule has 0 bridgehead atoms. The van der Waals surface area contributed by atoms with Crippen molar-refractivity contribution in [1.82, 2.24) is 4.57 Å². The Morgan fingerprint density at radius 3 is 2.67 bits per heavy atom. The average molecular weight is 365 g/mol. The Kier molecular flexibility index (Phi) is 6.84. The van der Waals surface area contributed by atoms with E-state index in [0.29, 0.717) is 24.0 Å². The Morgan fingerprint density at radius 1 is 1.33 bits per heavy atom. The van der Waals surface area contributed by atoms with Gasteiger partial charge in [-0.3, -0.25) is 4.79 Å².